The summed E-state index contributed by atoms with van der Waals surface area (Å²) in [6, 6.07) is 14.8. The minimum Gasteiger partial charge on any atom is -0.207 e. The maximum Gasteiger partial charge on any atom is 0.123 e. The molecule has 3 heteroatoms. The summed E-state index contributed by atoms with van der Waals surface area (Å²) < 4.78 is 14.0. The van der Waals surface area contributed by atoms with Crippen LogP contribution in [-0.4, -0.2) is 5.88 Å². The minimum atomic E-state index is -0.212. The van der Waals surface area contributed by atoms with E-state index < -0.39 is 0 Å². The van der Waals surface area contributed by atoms with Crippen LogP contribution >= 0.6 is 27.5 Å². The van der Waals surface area contributed by atoms with Gasteiger partial charge in [-0.25, -0.2) is 4.39 Å². The van der Waals surface area contributed by atoms with Crippen molar-refractivity contribution in [3.05, 3.63) is 69.9 Å². The molecule has 0 amide bonds. The molecule has 0 aromatic heterocycles. The lowest BCUT2D eigenvalue weighted by atomic mass is 9.93. The predicted molar refractivity (Wildman–Crippen MR) is 77.7 cm³/mol. The third-order valence-electron chi connectivity index (χ3n) is 2.92. The monoisotopic (exact) mass is 326 g/mol. The Morgan fingerprint density at radius 3 is 2.17 bits per heavy atom. The molecule has 0 radical (unpaired) electrons. The van der Waals surface area contributed by atoms with Crippen molar-refractivity contribution in [2.75, 3.05) is 5.88 Å². The van der Waals surface area contributed by atoms with E-state index in [2.05, 4.69) is 28.1 Å². The van der Waals surface area contributed by atoms with Gasteiger partial charge in [0.1, 0.15) is 5.82 Å². The molecule has 0 nitrogen and oxygen atoms in total. The van der Waals surface area contributed by atoms with E-state index in [1.807, 2.05) is 12.1 Å². The van der Waals surface area contributed by atoms with Gasteiger partial charge >= 0.3 is 0 Å². The second-order valence-electron chi connectivity index (χ2n) is 4.23. The summed E-state index contributed by atoms with van der Waals surface area (Å²) in [6.45, 7) is 0. The molecule has 0 heterocycles. The van der Waals surface area contributed by atoms with Crippen LogP contribution in [0.5, 0.6) is 0 Å². The number of hydrogen-bond acceptors (Lipinski definition) is 0. The van der Waals surface area contributed by atoms with E-state index in [9.17, 15) is 4.39 Å². The fourth-order valence-corrected chi connectivity index (χ4v) is 2.45. The fourth-order valence-electron chi connectivity index (χ4n) is 1.90. The molecule has 2 rings (SSSR count). The molecule has 0 aliphatic carbocycles. The number of alkyl halides is 1. The molecule has 0 aliphatic rings. The average Bonchev–Trinajstić information content (AvgIpc) is 2.39. The van der Waals surface area contributed by atoms with E-state index in [1.54, 1.807) is 12.1 Å². The maximum atomic E-state index is 12.9. The fraction of sp³-hybridized carbons (Fsp3) is 0.200. The van der Waals surface area contributed by atoms with Gasteiger partial charge in [-0.2, -0.15) is 0 Å². The first-order valence-electron chi connectivity index (χ1n) is 5.75. The Balaban J connectivity index is 2.14. The van der Waals surface area contributed by atoms with E-state index in [4.69, 9.17) is 11.6 Å². The Labute approximate surface area is 120 Å². The number of benzene rings is 2. The van der Waals surface area contributed by atoms with Crippen LogP contribution in [0.15, 0.2) is 53.0 Å². The largest absolute Gasteiger partial charge is 0.207 e. The van der Waals surface area contributed by atoms with Crippen molar-refractivity contribution >= 4 is 27.5 Å². The lowest BCUT2D eigenvalue weighted by Gasteiger charge is -2.14. The Hall–Kier alpha value is -0.860. The molecule has 2 aromatic rings. The summed E-state index contributed by atoms with van der Waals surface area (Å²) in [5, 5.41) is 0. The van der Waals surface area contributed by atoms with Crippen LogP contribution < -0.4 is 0 Å². The van der Waals surface area contributed by atoms with Gasteiger partial charge in [-0.3, -0.25) is 0 Å². The first-order valence-corrected chi connectivity index (χ1v) is 7.07. The summed E-state index contributed by atoms with van der Waals surface area (Å²) in [7, 11) is 0. The standard InChI is InChI=1S/C15H13BrClF/c16-14-5-1-11(2-6-14)9-13(10-17)12-3-7-15(18)8-4-12/h1-8,13H,9-10H2. The third kappa shape index (κ3) is 3.56. The summed E-state index contributed by atoms with van der Waals surface area (Å²) >= 11 is 9.43. The van der Waals surface area contributed by atoms with Crippen LogP contribution in [0.1, 0.15) is 17.0 Å². The second-order valence-corrected chi connectivity index (χ2v) is 5.46. The predicted octanol–water partition coefficient (Wildman–Crippen LogP) is 5.15. The molecule has 1 atom stereocenters. The Kier molecular flexibility index (Phi) is 4.79. The smallest absolute Gasteiger partial charge is 0.123 e. The first kappa shape index (κ1) is 13.6. The molecule has 0 fully saturated rings. The van der Waals surface area contributed by atoms with Crippen LogP contribution in [0.4, 0.5) is 4.39 Å². The van der Waals surface area contributed by atoms with Crippen LogP contribution in [0, 0.1) is 5.82 Å². The highest BCUT2D eigenvalue weighted by molar-refractivity contribution is 9.10. The third-order valence-corrected chi connectivity index (χ3v) is 3.82. The van der Waals surface area contributed by atoms with Crippen LogP contribution in [0.2, 0.25) is 0 Å². The normalized spacial score (nSPS) is 12.4. The van der Waals surface area contributed by atoms with Crippen molar-refractivity contribution in [3.8, 4) is 0 Å². The highest BCUT2D eigenvalue weighted by Gasteiger charge is 2.11. The van der Waals surface area contributed by atoms with E-state index >= 15 is 0 Å². The summed E-state index contributed by atoms with van der Waals surface area (Å²) in [6.07, 6.45) is 0.864. The molecule has 0 saturated carbocycles. The van der Waals surface area contributed by atoms with Crippen molar-refractivity contribution < 1.29 is 4.39 Å². The van der Waals surface area contributed by atoms with Gasteiger partial charge in [-0.15, -0.1) is 11.6 Å². The zero-order valence-electron chi connectivity index (χ0n) is 9.74. The summed E-state index contributed by atoms with van der Waals surface area (Å²) in [4.78, 5) is 0. The van der Waals surface area contributed by atoms with E-state index in [0.29, 0.717) is 5.88 Å². The molecule has 0 aliphatic heterocycles. The van der Waals surface area contributed by atoms with E-state index in [-0.39, 0.29) is 11.7 Å². The van der Waals surface area contributed by atoms with Crippen LogP contribution in [-0.2, 0) is 6.42 Å². The van der Waals surface area contributed by atoms with Gasteiger partial charge in [0.2, 0.25) is 0 Å². The molecule has 2 aromatic carbocycles. The molecule has 0 spiro atoms. The molecule has 0 N–H and O–H groups in total. The molecular formula is C15H13BrClF. The lowest BCUT2D eigenvalue weighted by molar-refractivity contribution is 0.625. The second kappa shape index (κ2) is 6.35. The minimum absolute atomic E-state index is 0.212. The van der Waals surface area contributed by atoms with Gasteiger partial charge in [0.25, 0.3) is 0 Å². The molecule has 0 saturated heterocycles. The molecule has 18 heavy (non-hydrogen) atoms. The quantitative estimate of drug-likeness (QED) is 0.681. The van der Waals surface area contributed by atoms with Gasteiger partial charge in [0.15, 0.2) is 0 Å². The highest BCUT2D eigenvalue weighted by atomic mass is 79.9. The van der Waals surface area contributed by atoms with Crippen LogP contribution in [0.25, 0.3) is 0 Å². The number of hydrogen-bond donors (Lipinski definition) is 0. The highest BCUT2D eigenvalue weighted by Crippen LogP contribution is 2.23. The maximum absolute atomic E-state index is 12.9. The van der Waals surface area contributed by atoms with Crippen molar-refractivity contribution in [2.45, 2.75) is 12.3 Å². The Morgan fingerprint density at radius 1 is 1.00 bits per heavy atom. The van der Waals surface area contributed by atoms with Gasteiger partial charge < -0.3 is 0 Å². The zero-order chi connectivity index (χ0) is 13.0. The van der Waals surface area contributed by atoms with Crippen molar-refractivity contribution in [1.82, 2.24) is 0 Å². The topological polar surface area (TPSA) is 0 Å². The summed E-state index contributed by atoms with van der Waals surface area (Å²) in [5.41, 5.74) is 2.31. The van der Waals surface area contributed by atoms with Crippen LogP contribution in [0.3, 0.4) is 0 Å². The van der Waals surface area contributed by atoms with Gasteiger partial charge in [0.05, 0.1) is 0 Å². The van der Waals surface area contributed by atoms with Crippen molar-refractivity contribution in [3.63, 3.8) is 0 Å². The Bertz CT molecular complexity index is 493. The van der Waals surface area contributed by atoms with Crippen molar-refractivity contribution in [2.24, 2.45) is 0 Å². The first-order chi connectivity index (χ1) is 8.69. The zero-order valence-corrected chi connectivity index (χ0v) is 12.1. The van der Waals surface area contributed by atoms with Crippen molar-refractivity contribution in [1.29, 1.82) is 0 Å². The van der Waals surface area contributed by atoms with E-state index in [0.717, 1.165) is 16.5 Å². The number of halogens is 3. The molecule has 1 unspecified atom stereocenters. The lowest BCUT2D eigenvalue weighted by Crippen LogP contribution is -2.04. The van der Waals surface area contributed by atoms with Gasteiger partial charge in [-0.1, -0.05) is 40.2 Å². The van der Waals surface area contributed by atoms with E-state index in [1.165, 1.54) is 17.7 Å². The summed E-state index contributed by atoms with van der Waals surface area (Å²) in [5.74, 6) is 0.533. The molecular weight excluding hydrogens is 315 g/mol. The SMILES string of the molecule is Fc1ccc(C(CCl)Cc2ccc(Br)cc2)cc1. The van der Waals surface area contributed by atoms with Gasteiger partial charge in [0, 0.05) is 16.3 Å². The Morgan fingerprint density at radius 2 is 1.61 bits per heavy atom. The molecule has 94 valence electrons. The molecule has 0 bridgehead atoms. The van der Waals surface area contributed by atoms with Gasteiger partial charge in [-0.05, 0) is 41.8 Å². The average molecular weight is 328 g/mol. The number of rotatable bonds is 4.